The van der Waals surface area contributed by atoms with E-state index in [1.165, 1.54) is 12.1 Å². The molecule has 1 atom stereocenters. The van der Waals surface area contributed by atoms with Crippen LogP contribution in [-0.4, -0.2) is 17.3 Å². The van der Waals surface area contributed by atoms with Gasteiger partial charge in [-0.25, -0.2) is 4.39 Å². The van der Waals surface area contributed by atoms with Crippen molar-refractivity contribution in [2.75, 3.05) is 6.54 Å². The third kappa shape index (κ3) is 4.30. The van der Waals surface area contributed by atoms with Crippen LogP contribution in [0, 0.1) is 5.82 Å². The molecule has 0 aliphatic rings. The van der Waals surface area contributed by atoms with Gasteiger partial charge < -0.3 is 5.32 Å². The first-order chi connectivity index (χ1) is 6.99. The van der Waals surface area contributed by atoms with E-state index < -0.39 is 5.82 Å². The van der Waals surface area contributed by atoms with Crippen molar-refractivity contribution < 1.29 is 9.18 Å². The van der Waals surface area contributed by atoms with Crippen LogP contribution in [0.3, 0.4) is 0 Å². The van der Waals surface area contributed by atoms with E-state index in [4.69, 9.17) is 0 Å². The summed E-state index contributed by atoms with van der Waals surface area (Å²) in [6.45, 7) is 2.43. The van der Waals surface area contributed by atoms with Crippen molar-refractivity contribution in [2.24, 2.45) is 0 Å². The van der Waals surface area contributed by atoms with Crippen molar-refractivity contribution in [1.29, 1.82) is 0 Å². The molecule has 1 rings (SSSR count). The van der Waals surface area contributed by atoms with Crippen LogP contribution in [0.4, 0.5) is 4.39 Å². The zero-order valence-corrected chi connectivity index (χ0v) is 11.2. The number of hydrogen-bond donors (Lipinski definition) is 1. The molecule has 1 aromatic rings. The molecule has 15 heavy (non-hydrogen) atoms. The highest BCUT2D eigenvalue weighted by atomic mass is 79.9. The molecular formula is C10H10Br2FNO. The van der Waals surface area contributed by atoms with Gasteiger partial charge in [0, 0.05) is 21.4 Å². The van der Waals surface area contributed by atoms with Gasteiger partial charge in [-0.15, -0.1) is 0 Å². The minimum absolute atomic E-state index is 0.193. The Kier molecular flexibility index (Phi) is 4.73. The highest BCUT2D eigenvalue weighted by Gasteiger charge is 2.08. The Balaban J connectivity index is 2.73. The van der Waals surface area contributed by atoms with Crippen molar-refractivity contribution in [1.82, 2.24) is 5.32 Å². The zero-order valence-electron chi connectivity index (χ0n) is 8.06. The molecule has 0 aromatic heterocycles. The van der Waals surface area contributed by atoms with Crippen LogP contribution in [0.25, 0.3) is 0 Å². The molecule has 82 valence electrons. The molecule has 2 nitrogen and oxygen atoms in total. The van der Waals surface area contributed by atoms with Gasteiger partial charge in [-0.3, -0.25) is 4.79 Å². The van der Waals surface area contributed by atoms with Crippen LogP contribution in [0.5, 0.6) is 0 Å². The number of amides is 1. The first-order valence-corrected chi connectivity index (χ1v) is 6.08. The monoisotopic (exact) mass is 337 g/mol. The fourth-order valence-corrected chi connectivity index (χ4v) is 1.65. The topological polar surface area (TPSA) is 29.1 Å². The summed E-state index contributed by atoms with van der Waals surface area (Å²) >= 11 is 6.44. The first-order valence-electron chi connectivity index (χ1n) is 4.37. The fourth-order valence-electron chi connectivity index (χ4n) is 1.02. The van der Waals surface area contributed by atoms with Gasteiger partial charge in [0.1, 0.15) is 5.82 Å². The SMILES string of the molecule is CC(Br)CNC(=O)c1cc(F)cc(Br)c1. The predicted octanol–water partition coefficient (Wildman–Crippen LogP) is 3.10. The lowest BCUT2D eigenvalue weighted by Crippen LogP contribution is -2.28. The number of alkyl halides is 1. The average Bonchev–Trinajstić information content (AvgIpc) is 2.12. The second-order valence-electron chi connectivity index (χ2n) is 3.15. The maximum atomic E-state index is 13.0. The molecule has 1 unspecified atom stereocenters. The van der Waals surface area contributed by atoms with Gasteiger partial charge in [0.25, 0.3) is 5.91 Å². The standard InChI is InChI=1S/C10H10Br2FNO/c1-6(11)5-14-10(15)7-2-8(12)4-9(13)3-7/h2-4,6H,5H2,1H3,(H,14,15). The molecule has 0 aliphatic heterocycles. The normalized spacial score (nSPS) is 12.3. The molecule has 0 bridgehead atoms. The molecule has 5 heteroatoms. The number of hydrogen-bond acceptors (Lipinski definition) is 1. The summed E-state index contributed by atoms with van der Waals surface area (Å²) in [4.78, 5) is 11.7. The number of halogens is 3. The molecule has 0 aliphatic carbocycles. The Morgan fingerprint density at radius 3 is 2.73 bits per heavy atom. The maximum absolute atomic E-state index is 13.0. The number of rotatable bonds is 3. The Hall–Kier alpha value is -0.420. The van der Waals surface area contributed by atoms with Crippen molar-refractivity contribution >= 4 is 37.8 Å². The summed E-state index contributed by atoms with van der Waals surface area (Å²) in [5.74, 6) is -0.706. The van der Waals surface area contributed by atoms with E-state index >= 15 is 0 Å². The molecular weight excluding hydrogens is 329 g/mol. The summed E-state index contributed by atoms with van der Waals surface area (Å²) in [7, 11) is 0. The van der Waals surface area contributed by atoms with Gasteiger partial charge in [-0.1, -0.05) is 38.8 Å². The van der Waals surface area contributed by atoms with Gasteiger partial charge in [0.15, 0.2) is 0 Å². The molecule has 1 N–H and O–H groups in total. The van der Waals surface area contributed by atoms with E-state index in [9.17, 15) is 9.18 Å². The molecule has 0 heterocycles. The summed E-state index contributed by atoms with van der Waals surface area (Å²) in [6, 6.07) is 4.10. The van der Waals surface area contributed by atoms with Gasteiger partial charge in [-0.2, -0.15) is 0 Å². The Bertz CT molecular complexity index is 348. The van der Waals surface area contributed by atoms with E-state index in [1.807, 2.05) is 6.92 Å². The lowest BCUT2D eigenvalue weighted by Gasteiger charge is -2.06. The summed E-state index contributed by atoms with van der Waals surface area (Å²) < 4.78 is 13.5. The van der Waals surface area contributed by atoms with Crippen LogP contribution in [0.15, 0.2) is 22.7 Å². The minimum atomic E-state index is -0.429. The molecule has 1 amide bonds. The molecule has 0 spiro atoms. The Morgan fingerprint density at radius 1 is 1.53 bits per heavy atom. The molecule has 0 fully saturated rings. The van der Waals surface area contributed by atoms with Crippen LogP contribution in [0.1, 0.15) is 17.3 Å². The van der Waals surface area contributed by atoms with Crippen molar-refractivity contribution in [3.8, 4) is 0 Å². The third-order valence-electron chi connectivity index (χ3n) is 1.67. The van der Waals surface area contributed by atoms with E-state index in [2.05, 4.69) is 37.2 Å². The van der Waals surface area contributed by atoms with Crippen LogP contribution in [-0.2, 0) is 0 Å². The summed E-state index contributed by atoms with van der Waals surface area (Å²) in [5, 5.41) is 2.68. The Morgan fingerprint density at radius 2 is 2.20 bits per heavy atom. The van der Waals surface area contributed by atoms with E-state index in [0.29, 0.717) is 16.6 Å². The van der Waals surface area contributed by atoms with Crippen molar-refractivity contribution in [2.45, 2.75) is 11.8 Å². The van der Waals surface area contributed by atoms with E-state index in [0.717, 1.165) is 0 Å². The molecule has 0 saturated heterocycles. The van der Waals surface area contributed by atoms with Gasteiger partial charge in [0.2, 0.25) is 0 Å². The van der Waals surface area contributed by atoms with Gasteiger partial charge in [0.05, 0.1) is 0 Å². The smallest absolute Gasteiger partial charge is 0.251 e. The number of carbonyl (C=O) groups excluding carboxylic acids is 1. The number of nitrogens with one attached hydrogen (secondary N) is 1. The quantitative estimate of drug-likeness (QED) is 0.843. The fraction of sp³-hybridized carbons (Fsp3) is 0.300. The summed E-state index contributed by atoms with van der Waals surface area (Å²) in [5.41, 5.74) is 0.315. The largest absolute Gasteiger partial charge is 0.351 e. The number of carbonyl (C=O) groups is 1. The average molecular weight is 339 g/mol. The van der Waals surface area contributed by atoms with Crippen LogP contribution in [0.2, 0.25) is 0 Å². The first kappa shape index (κ1) is 12.6. The molecule has 0 radical (unpaired) electrons. The second kappa shape index (κ2) is 5.61. The minimum Gasteiger partial charge on any atom is -0.351 e. The molecule has 0 saturated carbocycles. The van der Waals surface area contributed by atoms with Gasteiger partial charge >= 0.3 is 0 Å². The Labute approximate surface area is 105 Å². The predicted molar refractivity (Wildman–Crippen MR) is 64.8 cm³/mol. The van der Waals surface area contributed by atoms with Crippen molar-refractivity contribution in [3.05, 3.63) is 34.1 Å². The lowest BCUT2D eigenvalue weighted by atomic mass is 10.2. The maximum Gasteiger partial charge on any atom is 0.251 e. The van der Waals surface area contributed by atoms with Crippen LogP contribution >= 0.6 is 31.9 Å². The number of benzene rings is 1. The zero-order chi connectivity index (χ0) is 11.4. The van der Waals surface area contributed by atoms with E-state index in [1.54, 1.807) is 6.07 Å². The van der Waals surface area contributed by atoms with Crippen molar-refractivity contribution in [3.63, 3.8) is 0 Å². The second-order valence-corrected chi connectivity index (χ2v) is 5.63. The lowest BCUT2D eigenvalue weighted by molar-refractivity contribution is 0.0954. The molecule has 1 aromatic carbocycles. The highest BCUT2D eigenvalue weighted by Crippen LogP contribution is 2.14. The highest BCUT2D eigenvalue weighted by molar-refractivity contribution is 9.10. The summed E-state index contributed by atoms with van der Waals surface area (Å²) in [6.07, 6.45) is 0. The van der Waals surface area contributed by atoms with Crippen LogP contribution < -0.4 is 5.32 Å². The van der Waals surface area contributed by atoms with Gasteiger partial charge in [-0.05, 0) is 18.2 Å². The third-order valence-corrected chi connectivity index (χ3v) is 2.45. The van der Waals surface area contributed by atoms with E-state index in [-0.39, 0.29) is 10.7 Å².